The topological polar surface area (TPSA) is 104 Å². The Morgan fingerprint density at radius 1 is 1.36 bits per heavy atom. The average molecular weight is 352 g/mol. The van der Waals surface area contributed by atoms with Gasteiger partial charge in [-0.25, -0.2) is 4.79 Å². The quantitative estimate of drug-likeness (QED) is 0.242. The van der Waals surface area contributed by atoms with Gasteiger partial charge in [0.15, 0.2) is 0 Å². The molecule has 1 aliphatic rings. The fourth-order valence-corrected chi connectivity index (χ4v) is 2.82. The van der Waals surface area contributed by atoms with Gasteiger partial charge in [0.25, 0.3) is 0 Å². The van der Waals surface area contributed by atoms with Crippen molar-refractivity contribution in [1.82, 2.24) is 0 Å². The zero-order valence-electron chi connectivity index (χ0n) is 14.7. The van der Waals surface area contributed by atoms with E-state index in [0.717, 1.165) is 25.5 Å². The van der Waals surface area contributed by atoms with E-state index in [-0.39, 0.29) is 17.6 Å². The summed E-state index contributed by atoms with van der Waals surface area (Å²) in [7, 11) is 0. The number of hydrogen-bond acceptors (Lipinski definition) is 5. The number of unbranched alkanes of at least 4 members (excludes halogenated alkanes) is 4. The van der Waals surface area contributed by atoms with Crippen LogP contribution in [0, 0.1) is 23.7 Å². The van der Waals surface area contributed by atoms with Crippen LogP contribution < -0.4 is 0 Å². The largest absolute Gasteiger partial charge is 0.474 e. The number of hydrogen-bond donors (Lipinski definition) is 3. The highest BCUT2D eigenvalue weighted by Gasteiger charge is 2.35. The first kappa shape index (κ1) is 21.2. The molecule has 6 nitrogen and oxygen atoms in total. The lowest BCUT2D eigenvalue weighted by Gasteiger charge is -2.14. The molecule has 1 rings (SSSR count). The Bertz CT molecular complexity index is 526. The fraction of sp³-hybridized carbons (Fsp3) is 0.684. The van der Waals surface area contributed by atoms with Crippen LogP contribution >= 0.6 is 0 Å². The van der Waals surface area contributed by atoms with Crippen LogP contribution in [0.5, 0.6) is 0 Å². The molecule has 1 saturated carbocycles. The van der Waals surface area contributed by atoms with Crippen LogP contribution in [0.2, 0.25) is 0 Å². The first-order chi connectivity index (χ1) is 11.9. The summed E-state index contributed by atoms with van der Waals surface area (Å²) in [5.41, 5.74) is 0. The summed E-state index contributed by atoms with van der Waals surface area (Å²) < 4.78 is 4.34. The molecule has 0 amide bonds. The van der Waals surface area contributed by atoms with E-state index in [1.165, 1.54) is 25.3 Å². The maximum absolute atomic E-state index is 12.0. The second kappa shape index (κ2) is 10.9. The minimum atomic E-state index is -3.23. The van der Waals surface area contributed by atoms with Crippen LogP contribution in [0.15, 0.2) is 12.3 Å². The predicted molar refractivity (Wildman–Crippen MR) is 92.0 cm³/mol. The number of carbonyl (C=O) groups is 2. The molecule has 0 aromatic rings. The van der Waals surface area contributed by atoms with Crippen LogP contribution in [0.1, 0.15) is 64.7 Å². The van der Waals surface area contributed by atoms with Crippen LogP contribution in [-0.2, 0) is 14.3 Å². The van der Waals surface area contributed by atoms with E-state index in [1.54, 1.807) is 0 Å². The van der Waals surface area contributed by atoms with Gasteiger partial charge < -0.3 is 20.1 Å². The maximum Gasteiger partial charge on any atom is 0.426 e. The van der Waals surface area contributed by atoms with E-state index < -0.39 is 11.9 Å². The molecule has 25 heavy (non-hydrogen) atoms. The van der Waals surface area contributed by atoms with Crippen LogP contribution in [0.4, 0.5) is 0 Å². The highest BCUT2D eigenvalue weighted by molar-refractivity contribution is 5.84. The van der Waals surface area contributed by atoms with Crippen molar-refractivity contribution in [3.05, 3.63) is 12.3 Å². The SMILES string of the molecule is CCCCCCC#C[C@H]1CCC(=O)[C@@H]1CCC=COC(O)(O)C(=O)O. The molecule has 1 aliphatic carbocycles. The Morgan fingerprint density at radius 3 is 2.80 bits per heavy atom. The van der Waals surface area contributed by atoms with E-state index in [9.17, 15) is 9.59 Å². The van der Waals surface area contributed by atoms with Crippen molar-refractivity contribution in [1.29, 1.82) is 0 Å². The molecule has 6 heteroatoms. The second-order valence-electron chi connectivity index (χ2n) is 6.33. The predicted octanol–water partition coefficient (Wildman–Crippen LogP) is 2.59. The highest BCUT2D eigenvalue weighted by atomic mass is 16.8. The Balaban J connectivity index is 2.38. The van der Waals surface area contributed by atoms with Gasteiger partial charge in [-0.05, 0) is 31.8 Å². The van der Waals surface area contributed by atoms with E-state index in [0.29, 0.717) is 19.3 Å². The lowest BCUT2D eigenvalue weighted by Crippen LogP contribution is -2.39. The molecule has 140 valence electrons. The Hall–Kier alpha value is -1.84. The minimum absolute atomic E-state index is 0.0850. The standard InChI is InChI=1S/C19H28O6/c1-2-3-4-5-6-7-10-15-12-13-17(20)16(15)11-8-9-14-25-19(23,24)18(21)22/h9,14-16,23-24H,2-6,8,11-13H2,1H3,(H,21,22)/t15-,16+/m0/s1. The van der Waals surface area contributed by atoms with Crippen LogP contribution in [0.25, 0.3) is 0 Å². The Kier molecular flexibility index (Phi) is 9.25. The lowest BCUT2D eigenvalue weighted by molar-refractivity contribution is -0.302. The molecule has 0 bridgehead atoms. The van der Waals surface area contributed by atoms with Crippen molar-refractivity contribution < 1.29 is 29.6 Å². The average Bonchev–Trinajstić information content (AvgIpc) is 2.90. The molecule has 0 saturated heterocycles. The number of carboxylic acid groups (broad SMARTS) is 1. The third kappa shape index (κ3) is 7.72. The molecule has 0 aromatic carbocycles. The number of Topliss-reactive ketones (excluding diaryl/α,β-unsaturated/α-hetero) is 1. The lowest BCUT2D eigenvalue weighted by atomic mass is 9.91. The monoisotopic (exact) mass is 352 g/mol. The summed E-state index contributed by atoms with van der Waals surface area (Å²) in [5, 5.41) is 26.4. The van der Waals surface area contributed by atoms with Gasteiger partial charge in [0, 0.05) is 24.7 Å². The molecule has 0 unspecified atom stereocenters. The third-order valence-electron chi connectivity index (χ3n) is 4.30. The smallest absolute Gasteiger partial charge is 0.426 e. The first-order valence-electron chi connectivity index (χ1n) is 8.90. The van der Waals surface area contributed by atoms with Crippen molar-refractivity contribution in [2.45, 2.75) is 70.7 Å². The number of ketones is 1. The van der Waals surface area contributed by atoms with E-state index in [2.05, 4.69) is 23.5 Å². The molecule has 0 aromatic heterocycles. The van der Waals surface area contributed by atoms with Gasteiger partial charge in [-0.3, -0.25) is 4.79 Å². The number of aliphatic hydroxyl groups is 2. The van der Waals surface area contributed by atoms with Crippen LogP contribution in [-0.4, -0.2) is 33.0 Å². The highest BCUT2D eigenvalue weighted by Crippen LogP contribution is 2.31. The minimum Gasteiger partial charge on any atom is -0.474 e. The molecule has 1 fully saturated rings. The van der Waals surface area contributed by atoms with E-state index in [1.807, 2.05) is 0 Å². The normalized spacial score (nSPS) is 20.5. The molecule has 0 aliphatic heterocycles. The zero-order valence-corrected chi connectivity index (χ0v) is 14.7. The van der Waals surface area contributed by atoms with Crippen molar-refractivity contribution >= 4 is 11.8 Å². The number of allylic oxidation sites excluding steroid dienone is 1. The van der Waals surface area contributed by atoms with Gasteiger partial charge in [-0.15, -0.1) is 5.92 Å². The van der Waals surface area contributed by atoms with E-state index >= 15 is 0 Å². The van der Waals surface area contributed by atoms with Gasteiger partial charge in [-0.1, -0.05) is 32.1 Å². The zero-order chi connectivity index (χ0) is 18.7. The van der Waals surface area contributed by atoms with Crippen molar-refractivity contribution in [3.8, 4) is 11.8 Å². The van der Waals surface area contributed by atoms with Crippen molar-refractivity contribution in [3.63, 3.8) is 0 Å². The first-order valence-corrected chi connectivity index (χ1v) is 8.90. The summed E-state index contributed by atoms with van der Waals surface area (Å²) in [6, 6.07) is 0. The number of carboxylic acids is 1. The summed E-state index contributed by atoms with van der Waals surface area (Å²) in [5.74, 6) is 1.49. The number of aliphatic carboxylic acids is 1. The Labute approximate surface area is 148 Å². The summed E-state index contributed by atoms with van der Waals surface area (Å²) in [6.45, 7) is 2.17. The summed E-state index contributed by atoms with van der Waals surface area (Å²) in [6.07, 6.45) is 10.4. The van der Waals surface area contributed by atoms with Crippen molar-refractivity contribution in [2.24, 2.45) is 11.8 Å². The van der Waals surface area contributed by atoms with Gasteiger partial charge in [0.2, 0.25) is 0 Å². The third-order valence-corrected chi connectivity index (χ3v) is 4.30. The van der Waals surface area contributed by atoms with Crippen LogP contribution in [0.3, 0.4) is 0 Å². The molecular formula is C19H28O6. The number of carbonyl (C=O) groups excluding carboxylic acids is 1. The number of rotatable bonds is 10. The van der Waals surface area contributed by atoms with Gasteiger partial charge >= 0.3 is 11.9 Å². The Morgan fingerprint density at radius 2 is 2.12 bits per heavy atom. The molecule has 0 spiro atoms. The molecular weight excluding hydrogens is 324 g/mol. The van der Waals surface area contributed by atoms with Gasteiger partial charge in [0.1, 0.15) is 5.78 Å². The van der Waals surface area contributed by atoms with Crippen molar-refractivity contribution in [2.75, 3.05) is 0 Å². The number of ether oxygens (including phenoxy) is 1. The summed E-state index contributed by atoms with van der Waals surface area (Å²) >= 11 is 0. The van der Waals surface area contributed by atoms with Gasteiger partial charge in [0.05, 0.1) is 6.26 Å². The molecule has 0 heterocycles. The maximum atomic E-state index is 12.0. The molecule has 0 radical (unpaired) electrons. The summed E-state index contributed by atoms with van der Waals surface area (Å²) in [4.78, 5) is 22.4. The van der Waals surface area contributed by atoms with Gasteiger partial charge in [-0.2, -0.15) is 0 Å². The second-order valence-corrected chi connectivity index (χ2v) is 6.33. The fourth-order valence-electron chi connectivity index (χ4n) is 2.82. The molecule has 3 N–H and O–H groups in total. The van der Waals surface area contributed by atoms with E-state index in [4.69, 9.17) is 15.3 Å². The molecule has 2 atom stereocenters.